The van der Waals surface area contributed by atoms with Crippen LogP contribution in [0.3, 0.4) is 0 Å². The van der Waals surface area contributed by atoms with Crippen molar-refractivity contribution in [3.05, 3.63) is 0 Å². The Morgan fingerprint density at radius 2 is 1.81 bits per heavy atom. The van der Waals surface area contributed by atoms with Gasteiger partial charge in [0, 0.05) is 26.3 Å². The maximum absolute atomic E-state index is 5.29. The third-order valence-electron chi connectivity index (χ3n) is 2.73. The number of unbranched alkanes of at least 4 members (excludes halogenated alkanes) is 1. The van der Waals surface area contributed by atoms with Crippen LogP contribution in [-0.4, -0.2) is 50.8 Å². The van der Waals surface area contributed by atoms with Crippen molar-refractivity contribution < 1.29 is 4.74 Å². The van der Waals surface area contributed by atoms with E-state index in [2.05, 4.69) is 24.1 Å². The largest absolute Gasteiger partial charge is 0.382 e. The molecule has 0 aromatic heterocycles. The molecule has 3 heteroatoms. The van der Waals surface area contributed by atoms with E-state index < -0.39 is 0 Å². The van der Waals surface area contributed by atoms with Crippen LogP contribution in [0.1, 0.15) is 40.0 Å². The summed E-state index contributed by atoms with van der Waals surface area (Å²) in [6.45, 7) is 14.0. The fraction of sp³-hybridized carbons (Fsp3) is 1.00. The van der Waals surface area contributed by atoms with Gasteiger partial charge in [0.25, 0.3) is 0 Å². The molecule has 0 aliphatic heterocycles. The minimum Gasteiger partial charge on any atom is -0.382 e. The lowest BCUT2D eigenvalue weighted by molar-refractivity contribution is 0.144. The Kier molecular flexibility index (Phi) is 12.9. The molecule has 0 atom stereocenters. The predicted molar refractivity (Wildman–Crippen MR) is 71.0 cm³/mol. The van der Waals surface area contributed by atoms with Crippen molar-refractivity contribution in [3.63, 3.8) is 0 Å². The average Bonchev–Trinajstić information content (AvgIpc) is 2.32. The highest BCUT2D eigenvalue weighted by atomic mass is 16.5. The van der Waals surface area contributed by atoms with Crippen LogP contribution in [0.15, 0.2) is 0 Å². The first-order valence-electron chi connectivity index (χ1n) is 6.85. The van der Waals surface area contributed by atoms with Crippen LogP contribution in [0.25, 0.3) is 0 Å². The van der Waals surface area contributed by atoms with Gasteiger partial charge < -0.3 is 15.0 Å². The lowest BCUT2D eigenvalue weighted by atomic mass is 10.3. The van der Waals surface area contributed by atoms with Gasteiger partial charge in [-0.3, -0.25) is 0 Å². The Bertz CT molecular complexity index is 131. The van der Waals surface area contributed by atoms with Gasteiger partial charge in [0.15, 0.2) is 0 Å². The Balaban J connectivity index is 3.20. The van der Waals surface area contributed by atoms with E-state index in [1.54, 1.807) is 0 Å². The Morgan fingerprint density at radius 1 is 1.00 bits per heavy atom. The van der Waals surface area contributed by atoms with Gasteiger partial charge in [-0.2, -0.15) is 0 Å². The maximum Gasteiger partial charge on any atom is 0.0477 e. The monoisotopic (exact) mass is 230 g/mol. The van der Waals surface area contributed by atoms with E-state index in [0.29, 0.717) is 0 Å². The normalized spacial score (nSPS) is 11.2. The fourth-order valence-corrected chi connectivity index (χ4v) is 1.62. The number of hydrogen-bond donors (Lipinski definition) is 1. The van der Waals surface area contributed by atoms with Crippen molar-refractivity contribution in [2.24, 2.45) is 0 Å². The second kappa shape index (κ2) is 12.9. The molecule has 0 radical (unpaired) electrons. The zero-order valence-corrected chi connectivity index (χ0v) is 11.4. The van der Waals surface area contributed by atoms with Crippen LogP contribution in [0.5, 0.6) is 0 Å². The number of nitrogens with zero attached hydrogens (tertiary/aromatic N) is 1. The molecule has 0 heterocycles. The molecular weight excluding hydrogens is 200 g/mol. The molecule has 0 aliphatic rings. The zero-order valence-electron chi connectivity index (χ0n) is 11.4. The Hall–Kier alpha value is -0.120. The van der Waals surface area contributed by atoms with Gasteiger partial charge in [-0.1, -0.05) is 20.3 Å². The Labute approximate surface area is 102 Å². The number of nitrogens with one attached hydrogen (secondary N) is 1. The van der Waals surface area contributed by atoms with E-state index in [1.807, 2.05) is 6.92 Å². The molecule has 0 aliphatic carbocycles. The highest BCUT2D eigenvalue weighted by Gasteiger charge is 1.99. The van der Waals surface area contributed by atoms with Gasteiger partial charge in [0.1, 0.15) is 0 Å². The second-order valence-electron chi connectivity index (χ2n) is 4.09. The van der Waals surface area contributed by atoms with Gasteiger partial charge in [-0.05, 0) is 39.4 Å². The van der Waals surface area contributed by atoms with Crippen molar-refractivity contribution in [2.45, 2.75) is 40.0 Å². The van der Waals surface area contributed by atoms with Crippen molar-refractivity contribution in [2.75, 3.05) is 45.9 Å². The number of ether oxygens (including phenoxy) is 1. The molecule has 0 rings (SSSR count). The number of likely N-dealkylation sites (N-methyl/N-ethyl adjacent to an activating group) is 1. The molecule has 0 spiro atoms. The Morgan fingerprint density at radius 3 is 2.44 bits per heavy atom. The van der Waals surface area contributed by atoms with Crippen molar-refractivity contribution in [3.8, 4) is 0 Å². The molecule has 3 nitrogen and oxygen atoms in total. The van der Waals surface area contributed by atoms with Crippen molar-refractivity contribution >= 4 is 0 Å². The molecule has 0 aromatic carbocycles. The molecule has 0 aromatic rings. The van der Waals surface area contributed by atoms with Gasteiger partial charge in [-0.15, -0.1) is 0 Å². The van der Waals surface area contributed by atoms with E-state index in [4.69, 9.17) is 4.74 Å². The van der Waals surface area contributed by atoms with Crippen molar-refractivity contribution in [1.29, 1.82) is 0 Å². The minimum atomic E-state index is 0.834. The SMILES string of the molecule is CCCCN(CC)CCNCCCOCC. The summed E-state index contributed by atoms with van der Waals surface area (Å²) >= 11 is 0. The van der Waals surface area contributed by atoms with Crippen molar-refractivity contribution in [1.82, 2.24) is 10.2 Å². The standard InChI is InChI=1S/C13H30N2O/c1-4-7-11-15(5-2)12-10-14-9-8-13-16-6-3/h14H,4-13H2,1-3H3. The lowest BCUT2D eigenvalue weighted by Crippen LogP contribution is -2.33. The first-order chi connectivity index (χ1) is 7.85. The maximum atomic E-state index is 5.29. The minimum absolute atomic E-state index is 0.834. The molecule has 0 bridgehead atoms. The highest BCUT2D eigenvalue weighted by Crippen LogP contribution is 1.93. The quantitative estimate of drug-likeness (QED) is 0.520. The van der Waals surface area contributed by atoms with Crippen LogP contribution < -0.4 is 5.32 Å². The second-order valence-corrected chi connectivity index (χ2v) is 4.09. The molecule has 0 fully saturated rings. The van der Waals surface area contributed by atoms with Crippen LogP contribution in [0, 0.1) is 0 Å². The summed E-state index contributed by atoms with van der Waals surface area (Å²) in [5.74, 6) is 0. The van der Waals surface area contributed by atoms with E-state index in [9.17, 15) is 0 Å². The molecule has 16 heavy (non-hydrogen) atoms. The summed E-state index contributed by atoms with van der Waals surface area (Å²) in [7, 11) is 0. The first kappa shape index (κ1) is 15.9. The van der Waals surface area contributed by atoms with E-state index in [-0.39, 0.29) is 0 Å². The molecule has 0 amide bonds. The summed E-state index contributed by atoms with van der Waals surface area (Å²) in [4.78, 5) is 2.51. The summed E-state index contributed by atoms with van der Waals surface area (Å²) in [5.41, 5.74) is 0. The summed E-state index contributed by atoms with van der Waals surface area (Å²) in [6.07, 6.45) is 3.73. The summed E-state index contributed by atoms with van der Waals surface area (Å²) in [6, 6.07) is 0. The van der Waals surface area contributed by atoms with E-state index in [0.717, 1.165) is 32.7 Å². The molecule has 0 unspecified atom stereocenters. The summed E-state index contributed by atoms with van der Waals surface area (Å²) in [5, 5.41) is 3.46. The zero-order chi connectivity index (χ0) is 12.1. The molecular formula is C13H30N2O. The molecule has 0 saturated carbocycles. The first-order valence-corrected chi connectivity index (χ1v) is 6.85. The third-order valence-corrected chi connectivity index (χ3v) is 2.73. The number of rotatable bonds is 12. The highest BCUT2D eigenvalue weighted by molar-refractivity contribution is 4.57. The number of hydrogen-bond acceptors (Lipinski definition) is 3. The smallest absolute Gasteiger partial charge is 0.0477 e. The van der Waals surface area contributed by atoms with Gasteiger partial charge in [0.2, 0.25) is 0 Å². The topological polar surface area (TPSA) is 24.5 Å². The van der Waals surface area contributed by atoms with Crippen LogP contribution in [0.2, 0.25) is 0 Å². The van der Waals surface area contributed by atoms with E-state index in [1.165, 1.54) is 32.5 Å². The average molecular weight is 230 g/mol. The predicted octanol–water partition coefficient (Wildman–Crippen LogP) is 2.12. The van der Waals surface area contributed by atoms with Crippen LogP contribution in [-0.2, 0) is 4.74 Å². The lowest BCUT2D eigenvalue weighted by Gasteiger charge is -2.20. The summed E-state index contributed by atoms with van der Waals surface area (Å²) < 4.78 is 5.29. The van der Waals surface area contributed by atoms with E-state index >= 15 is 0 Å². The molecule has 0 saturated heterocycles. The van der Waals surface area contributed by atoms with Gasteiger partial charge in [-0.25, -0.2) is 0 Å². The molecule has 1 N–H and O–H groups in total. The fourth-order valence-electron chi connectivity index (χ4n) is 1.62. The third kappa shape index (κ3) is 10.4. The molecule has 98 valence electrons. The van der Waals surface area contributed by atoms with Crippen LogP contribution in [0.4, 0.5) is 0 Å². The van der Waals surface area contributed by atoms with Crippen LogP contribution >= 0.6 is 0 Å². The van der Waals surface area contributed by atoms with Gasteiger partial charge >= 0.3 is 0 Å². The van der Waals surface area contributed by atoms with Gasteiger partial charge in [0.05, 0.1) is 0 Å².